The van der Waals surface area contributed by atoms with Crippen LogP contribution in [0.3, 0.4) is 0 Å². The number of rotatable bonds is 1. The van der Waals surface area contributed by atoms with Gasteiger partial charge in [0, 0.05) is 19.2 Å². The van der Waals surface area contributed by atoms with Crippen molar-refractivity contribution in [3.8, 4) is 0 Å². The molecule has 2 rings (SSSR count). The smallest absolute Gasteiger partial charge is 0.139 e. The maximum Gasteiger partial charge on any atom is 0.139 e. The molecule has 0 aliphatic carbocycles. The molecule has 0 amide bonds. The van der Waals surface area contributed by atoms with Crippen LogP contribution in [0.25, 0.3) is 0 Å². The maximum atomic E-state index is 5.56. The van der Waals surface area contributed by atoms with Crippen LogP contribution in [0.1, 0.15) is 6.92 Å². The third-order valence-electron chi connectivity index (χ3n) is 2.07. The average molecular weight is 199 g/mol. The summed E-state index contributed by atoms with van der Waals surface area (Å²) < 4.78 is 9.50. The van der Waals surface area contributed by atoms with E-state index in [9.17, 15) is 0 Å². The number of hydrogen-bond donors (Lipinski definition) is 1. The molecule has 72 valence electrons. The Morgan fingerprint density at radius 1 is 1.77 bits per heavy atom. The molecule has 5 heteroatoms. The van der Waals surface area contributed by atoms with Gasteiger partial charge in [-0.15, -0.1) is 0 Å². The number of hydrogen-bond acceptors (Lipinski definition) is 5. The van der Waals surface area contributed by atoms with E-state index >= 15 is 0 Å². The molecule has 1 saturated heterocycles. The molecule has 0 aromatic carbocycles. The van der Waals surface area contributed by atoms with Crippen molar-refractivity contribution in [2.75, 3.05) is 30.3 Å². The Morgan fingerprint density at radius 2 is 2.62 bits per heavy atom. The van der Waals surface area contributed by atoms with Crippen LogP contribution in [-0.2, 0) is 4.74 Å². The SMILES string of the molecule is CC1CN(c2cc(N)ns2)CCO1. The Morgan fingerprint density at radius 3 is 3.23 bits per heavy atom. The van der Waals surface area contributed by atoms with Crippen molar-refractivity contribution in [2.45, 2.75) is 13.0 Å². The molecule has 1 unspecified atom stereocenters. The van der Waals surface area contributed by atoms with Crippen LogP contribution < -0.4 is 10.6 Å². The Kier molecular flexibility index (Phi) is 2.37. The van der Waals surface area contributed by atoms with Crippen molar-refractivity contribution >= 4 is 22.4 Å². The van der Waals surface area contributed by atoms with Crippen LogP contribution in [0.4, 0.5) is 10.8 Å². The molecule has 1 aromatic heterocycles. The molecule has 13 heavy (non-hydrogen) atoms. The first kappa shape index (κ1) is 8.77. The molecule has 1 aliphatic heterocycles. The van der Waals surface area contributed by atoms with Crippen molar-refractivity contribution < 1.29 is 4.74 Å². The second-order valence-corrected chi connectivity index (χ2v) is 4.00. The van der Waals surface area contributed by atoms with Crippen LogP contribution in [-0.4, -0.2) is 30.2 Å². The lowest BCUT2D eigenvalue weighted by Crippen LogP contribution is -2.40. The highest BCUT2D eigenvalue weighted by Crippen LogP contribution is 2.24. The molecule has 0 radical (unpaired) electrons. The summed E-state index contributed by atoms with van der Waals surface area (Å²) in [4.78, 5) is 2.27. The van der Waals surface area contributed by atoms with E-state index in [4.69, 9.17) is 10.5 Å². The van der Waals surface area contributed by atoms with Gasteiger partial charge in [0.2, 0.25) is 0 Å². The van der Waals surface area contributed by atoms with E-state index in [1.165, 1.54) is 11.5 Å². The van der Waals surface area contributed by atoms with E-state index in [0.29, 0.717) is 11.9 Å². The largest absolute Gasteiger partial charge is 0.383 e. The highest BCUT2D eigenvalue weighted by atomic mass is 32.1. The lowest BCUT2D eigenvalue weighted by Gasteiger charge is -2.31. The van der Waals surface area contributed by atoms with Gasteiger partial charge in [0.1, 0.15) is 10.8 Å². The number of anilines is 2. The highest BCUT2D eigenvalue weighted by Gasteiger charge is 2.18. The van der Waals surface area contributed by atoms with E-state index in [0.717, 1.165) is 24.7 Å². The molecule has 1 aliphatic rings. The molecular weight excluding hydrogens is 186 g/mol. The summed E-state index contributed by atoms with van der Waals surface area (Å²) in [6.45, 7) is 4.74. The van der Waals surface area contributed by atoms with Gasteiger partial charge >= 0.3 is 0 Å². The van der Waals surface area contributed by atoms with E-state index in [1.807, 2.05) is 6.07 Å². The van der Waals surface area contributed by atoms with E-state index in [1.54, 1.807) is 0 Å². The standard InChI is InChI=1S/C8H13N3OS/c1-6-5-11(2-3-12-6)8-4-7(9)10-13-8/h4,6H,2-3,5H2,1H3,(H2,9,10). The van der Waals surface area contributed by atoms with Crippen LogP contribution in [0, 0.1) is 0 Å². The van der Waals surface area contributed by atoms with Crippen LogP contribution >= 0.6 is 11.5 Å². The van der Waals surface area contributed by atoms with Gasteiger partial charge in [-0.3, -0.25) is 0 Å². The number of nitrogens with zero attached hydrogens (tertiary/aromatic N) is 2. The minimum absolute atomic E-state index is 0.303. The molecule has 1 atom stereocenters. The van der Waals surface area contributed by atoms with Crippen LogP contribution in [0.15, 0.2) is 6.07 Å². The molecule has 0 bridgehead atoms. The first-order valence-electron chi connectivity index (χ1n) is 4.34. The zero-order valence-corrected chi connectivity index (χ0v) is 8.38. The summed E-state index contributed by atoms with van der Waals surface area (Å²) in [5, 5.41) is 1.15. The van der Waals surface area contributed by atoms with Crippen molar-refractivity contribution in [3.05, 3.63) is 6.07 Å². The van der Waals surface area contributed by atoms with Crippen LogP contribution in [0.2, 0.25) is 0 Å². The molecule has 0 spiro atoms. The fourth-order valence-corrected chi connectivity index (χ4v) is 2.15. The highest BCUT2D eigenvalue weighted by molar-refractivity contribution is 7.10. The lowest BCUT2D eigenvalue weighted by molar-refractivity contribution is 0.0534. The quantitative estimate of drug-likeness (QED) is 0.731. The second-order valence-electron chi connectivity index (χ2n) is 3.22. The zero-order valence-electron chi connectivity index (χ0n) is 7.56. The minimum atomic E-state index is 0.303. The summed E-state index contributed by atoms with van der Waals surface area (Å²) in [6, 6.07) is 1.92. The number of aromatic nitrogens is 1. The van der Waals surface area contributed by atoms with E-state index < -0.39 is 0 Å². The molecule has 0 saturated carbocycles. The normalized spacial score (nSPS) is 23.5. The van der Waals surface area contributed by atoms with Crippen molar-refractivity contribution in [2.24, 2.45) is 0 Å². The predicted molar refractivity (Wildman–Crippen MR) is 54.2 cm³/mol. The van der Waals surface area contributed by atoms with Gasteiger partial charge < -0.3 is 15.4 Å². The summed E-state index contributed by atoms with van der Waals surface area (Å²) in [6.07, 6.45) is 0.303. The third-order valence-corrected chi connectivity index (χ3v) is 2.93. The van der Waals surface area contributed by atoms with E-state index in [2.05, 4.69) is 16.2 Å². The number of nitrogen functional groups attached to an aromatic ring is 1. The fraction of sp³-hybridized carbons (Fsp3) is 0.625. The molecule has 2 heterocycles. The third kappa shape index (κ3) is 1.92. The first-order valence-corrected chi connectivity index (χ1v) is 5.12. The monoisotopic (exact) mass is 199 g/mol. The Hall–Kier alpha value is -0.810. The Labute approximate surface area is 81.5 Å². The van der Waals surface area contributed by atoms with Gasteiger partial charge in [-0.25, -0.2) is 0 Å². The zero-order chi connectivity index (χ0) is 9.26. The molecule has 1 fully saturated rings. The number of morpholine rings is 1. The molecule has 1 aromatic rings. The predicted octanol–water partition coefficient (Wildman–Crippen LogP) is 0.950. The van der Waals surface area contributed by atoms with Gasteiger partial charge in [0.25, 0.3) is 0 Å². The lowest BCUT2D eigenvalue weighted by atomic mass is 10.3. The summed E-state index contributed by atoms with van der Waals surface area (Å²) in [7, 11) is 0. The van der Waals surface area contributed by atoms with Gasteiger partial charge in [-0.2, -0.15) is 4.37 Å². The van der Waals surface area contributed by atoms with Gasteiger partial charge in [-0.1, -0.05) is 0 Å². The van der Waals surface area contributed by atoms with Gasteiger partial charge in [0.15, 0.2) is 0 Å². The first-order chi connectivity index (χ1) is 6.25. The average Bonchev–Trinajstić information content (AvgIpc) is 2.52. The van der Waals surface area contributed by atoms with Gasteiger partial charge in [0.05, 0.1) is 12.7 Å². The summed E-state index contributed by atoms with van der Waals surface area (Å²) in [5.74, 6) is 0.610. The molecule has 2 N–H and O–H groups in total. The fourth-order valence-electron chi connectivity index (χ4n) is 1.45. The summed E-state index contributed by atoms with van der Waals surface area (Å²) >= 11 is 1.45. The van der Waals surface area contributed by atoms with E-state index in [-0.39, 0.29) is 0 Å². The van der Waals surface area contributed by atoms with Crippen LogP contribution in [0.5, 0.6) is 0 Å². The van der Waals surface area contributed by atoms with Crippen molar-refractivity contribution in [1.29, 1.82) is 0 Å². The van der Waals surface area contributed by atoms with Gasteiger partial charge in [-0.05, 0) is 18.5 Å². The number of ether oxygens (including phenoxy) is 1. The summed E-state index contributed by atoms with van der Waals surface area (Å²) in [5.41, 5.74) is 5.56. The second kappa shape index (κ2) is 3.51. The molecule has 4 nitrogen and oxygen atoms in total. The molecular formula is C8H13N3OS. The number of nitrogens with two attached hydrogens (primary N) is 1. The van der Waals surface area contributed by atoms with Crippen molar-refractivity contribution in [1.82, 2.24) is 4.37 Å². The topological polar surface area (TPSA) is 51.4 Å². The minimum Gasteiger partial charge on any atom is -0.383 e. The Balaban J connectivity index is 2.08. The maximum absolute atomic E-state index is 5.56. The van der Waals surface area contributed by atoms with Crippen molar-refractivity contribution in [3.63, 3.8) is 0 Å². The Bertz CT molecular complexity index is 289.